The Morgan fingerprint density at radius 3 is 2.82 bits per heavy atom. The van der Waals surface area contributed by atoms with Gasteiger partial charge in [0.05, 0.1) is 16.8 Å². The van der Waals surface area contributed by atoms with Crippen LogP contribution in [0.25, 0.3) is 0 Å². The van der Waals surface area contributed by atoms with Crippen molar-refractivity contribution in [2.45, 2.75) is 30.4 Å². The number of thioether (sulfide) groups is 1. The van der Waals surface area contributed by atoms with E-state index in [1.54, 1.807) is 6.92 Å². The van der Waals surface area contributed by atoms with Crippen LogP contribution in [0.1, 0.15) is 18.9 Å². The van der Waals surface area contributed by atoms with Gasteiger partial charge in [-0.2, -0.15) is 0 Å². The number of sulfone groups is 1. The highest BCUT2D eigenvalue weighted by molar-refractivity contribution is 7.99. The summed E-state index contributed by atoms with van der Waals surface area (Å²) < 4.78 is 49.3. The Morgan fingerprint density at radius 1 is 1.45 bits per heavy atom. The van der Waals surface area contributed by atoms with Crippen molar-refractivity contribution >= 4 is 27.5 Å². The molecule has 1 fully saturated rings. The maximum Gasteiger partial charge on any atom is 0.233 e. The van der Waals surface area contributed by atoms with Crippen LogP contribution in [0.4, 0.5) is 8.78 Å². The molecule has 1 saturated heterocycles. The number of carbonyl (C=O) groups excluding carboxylic acids is 1. The molecule has 4 nitrogen and oxygen atoms in total. The summed E-state index contributed by atoms with van der Waals surface area (Å²) in [4.78, 5) is 12.0. The molecule has 1 aromatic carbocycles. The standard InChI is InChI=1S/C14H17F2NO3S2/c1-9(14(18)17-11-5-6-22(19,20)8-11)21-7-10-3-2-4-12(15)13(10)16/h2-4,9,11H,5-8H2,1H3,(H,17,18). The van der Waals surface area contributed by atoms with Crippen molar-refractivity contribution in [2.75, 3.05) is 11.5 Å². The van der Waals surface area contributed by atoms with Gasteiger partial charge in [-0.05, 0) is 19.4 Å². The minimum Gasteiger partial charge on any atom is -0.351 e. The zero-order chi connectivity index (χ0) is 16.3. The molecule has 2 atom stereocenters. The molecule has 0 aromatic heterocycles. The van der Waals surface area contributed by atoms with Crippen molar-refractivity contribution in [1.29, 1.82) is 0 Å². The van der Waals surface area contributed by atoms with Gasteiger partial charge in [0.15, 0.2) is 21.5 Å². The molecule has 22 heavy (non-hydrogen) atoms. The van der Waals surface area contributed by atoms with Gasteiger partial charge in [-0.1, -0.05) is 12.1 Å². The summed E-state index contributed by atoms with van der Waals surface area (Å²) in [6.07, 6.45) is 0.421. The number of amides is 1. The summed E-state index contributed by atoms with van der Waals surface area (Å²) in [7, 11) is -3.05. The molecule has 1 heterocycles. The molecular weight excluding hydrogens is 332 g/mol. The summed E-state index contributed by atoms with van der Waals surface area (Å²) in [6, 6.07) is 3.58. The molecule has 0 spiro atoms. The second-order valence-electron chi connectivity index (χ2n) is 5.27. The van der Waals surface area contributed by atoms with Gasteiger partial charge in [-0.15, -0.1) is 11.8 Å². The summed E-state index contributed by atoms with van der Waals surface area (Å²) in [5.41, 5.74) is 0.202. The van der Waals surface area contributed by atoms with E-state index in [2.05, 4.69) is 5.32 Å². The third kappa shape index (κ3) is 4.42. The van der Waals surface area contributed by atoms with Crippen molar-refractivity contribution in [2.24, 2.45) is 0 Å². The number of hydrogen-bond donors (Lipinski definition) is 1. The minimum absolute atomic E-state index is 0.0331. The van der Waals surface area contributed by atoms with Crippen LogP contribution in [0, 0.1) is 11.6 Å². The highest BCUT2D eigenvalue weighted by Crippen LogP contribution is 2.22. The molecule has 2 unspecified atom stereocenters. The molecule has 8 heteroatoms. The smallest absolute Gasteiger partial charge is 0.233 e. The lowest BCUT2D eigenvalue weighted by atomic mass is 10.2. The maximum absolute atomic E-state index is 13.5. The molecule has 1 aromatic rings. The van der Waals surface area contributed by atoms with E-state index in [0.717, 1.165) is 6.07 Å². The van der Waals surface area contributed by atoms with Gasteiger partial charge >= 0.3 is 0 Å². The van der Waals surface area contributed by atoms with E-state index in [9.17, 15) is 22.0 Å². The molecule has 0 aliphatic carbocycles. The molecule has 1 N–H and O–H groups in total. The summed E-state index contributed by atoms with van der Waals surface area (Å²) in [6.45, 7) is 1.65. The number of hydrogen-bond acceptors (Lipinski definition) is 4. The Morgan fingerprint density at radius 2 is 2.18 bits per heavy atom. The molecular formula is C14H17F2NO3S2. The molecule has 0 radical (unpaired) electrons. The highest BCUT2D eigenvalue weighted by atomic mass is 32.2. The zero-order valence-electron chi connectivity index (χ0n) is 12.0. The predicted octanol–water partition coefficient (Wildman–Crippen LogP) is 1.89. The summed E-state index contributed by atoms with van der Waals surface area (Å²) in [5.74, 6) is -1.87. The van der Waals surface area contributed by atoms with Crippen LogP contribution >= 0.6 is 11.8 Å². The Balaban J connectivity index is 1.85. The first-order valence-electron chi connectivity index (χ1n) is 6.84. The van der Waals surface area contributed by atoms with Crippen molar-refractivity contribution in [1.82, 2.24) is 5.32 Å². The fourth-order valence-corrected chi connectivity index (χ4v) is 4.72. The Hall–Kier alpha value is -1.15. The monoisotopic (exact) mass is 349 g/mol. The highest BCUT2D eigenvalue weighted by Gasteiger charge is 2.30. The van der Waals surface area contributed by atoms with E-state index >= 15 is 0 Å². The van der Waals surface area contributed by atoms with Crippen molar-refractivity contribution in [3.8, 4) is 0 Å². The fraction of sp³-hybridized carbons (Fsp3) is 0.500. The second kappa shape index (κ2) is 6.95. The summed E-state index contributed by atoms with van der Waals surface area (Å²) >= 11 is 1.18. The van der Waals surface area contributed by atoms with E-state index < -0.39 is 26.7 Å². The van der Waals surface area contributed by atoms with Gasteiger partial charge in [-0.25, -0.2) is 17.2 Å². The van der Waals surface area contributed by atoms with Crippen LogP contribution in [0.3, 0.4) is 0 Å². The van der Waals surface area contributed by atoms with Gasteiger partial charge in [-0.3, -0.25) is 4.79 Å². The molecule has 0 bridgehead atoms. The van der Waals surface area contributed by atoms with Gasteiger partial charge in [0.25, 0.3) is 0 Å². The minimum atomic E-state index is -3.05. The third-order valence-electron chi connectivity index (χ3n) is 3.47. The van der Waals surface area contributed by atoms with Crippen LogP contribution < -0.4 is 5.32 Å². The van der Waals surface area contributed by atoms with E-state index in [-0.39, 0.29) is 34.8 Å². The normalized spacial score (nSPS) is 21.5. The van der Waals surface area contributed by atoms with Gasteiger partial charge < -0.3 is 5.32 Å². The Bertz CT molecular complexity index is 664. The van der Waals surface area contributed by atoms with Crippen LogP contribution in [-0.2, 0) is 20.4 Å². The van der Waals surface area contributed by atoms with E-state index in [4.69, 9.17) is 0 Å². The van der Waals surface area contributed by atoms with Crippen LogP contribution in [0.5, 0.6) is 0 Å². The van der Waals surface area contributed by atoms with E-state index in [1.807, 2.05) is 0 Å². The zero-order valence-corrected chi connectivity index (χ0v) is 13.6. The third-order valence-corrected chi connectivity index (χ3v) is 6.43. The Kier molecular flexibility index (Phi) is 5.44. The topological polar surface area (TPSA) is 63.2 Å². The predicted molar refractivity (Wildman–Crippen MR) is 82.3 cm³/mol. The first kappa shape index (κ1) is 17.2. The number of nitrogens with one attached hydrogen (secondary N) is 1. The molecule has 1 aliphatic heterocycles. The van der Waals surface area contributed by atoms with Gasteiger partial charge in [0.1, 0.15) is 0 Å². The first-order valence-corrected chi connectivity index (χ1v) is 9.71. The quantitative estimate of drug-likeness (QED) is 0.882. The molecule has 122 valence electrons. The first-order chi connectivity index (χ1) is 10.3. The number of carbonyl (C=O) groups is 1. The van der Waals surface area contributed by atoms with E-state index in [0.29, 0.717) is 6.42 Å². The van der Waals surface area contributed by atoms with Crippen molar-refractivity contribution in [3.63, 3.8) is 0 Å². The lowest BCUT2D eigenvalue weighted by molar-refractivity contribution is -0.120. The number of rotatable bonds is 5. The van der Waals surface area contributed by atoms with E-state index in [1.165, 1.54) is 23.9 Å². The Labute approximate surface area is 132 Å². The van der Waals surface area contributed by atoms with Crippen LogP contribution in [0.2, 0.25) is 0 Å². The SMILES string of the molecule is CC(SCc1cccc(F)c1F)C(=O)NC1CCS(=O)(=O)C1. The van der Waals surface area contributed by atoms with Gasteiger partial charge in [0, 0.05) is 17.4 Å². The van der Waals surface area contributed by atoms with Gasteiger partial charge in [0.2, 0.25) is 5.91 Å². The fourth-order valence-electron chi connectivity index (χ4n) is 2.18. The lowest BCUT2D eigenvalue weighted by Gasteiger charge is -2.15. The average molecular weight is 349 g/mol. The number of benzene rings is 1. The summed E-state index contributed by atoms with van der Waals surface area (Å²) in [5, 5.41) is 2.21. The largest absolute Gasteiger partial charge is 0.351 e. The molecule has 1 amide bonds. The molecule has 0 saturated carbocycles. The maximum atomic E-state index is 13.5. The lowest BCUT2D eigenvalue weighted by Crippen LogP contribution is -2.40. The molecule has 1 aliphatic rings. The second-order valence-corrected chi connectivity index (χ2v) is 8.83. The molecule has 2 rings (SSSR count). The van der Waals surface area contributed by atoms with Crippen LogP contribution in [-0.4, -0.2) is 37.1 Å². The van der Waals surface area contributed by atoms with Crippen molar-refractivity contribution < 1.29 is 22.0 Å². The van der Waals surface area contributed by atoms with Crippen molar-refractivity contribution in [3.05, 3.63) is 35.4 Å². The average Bonchev–Trinajstić information content (AvgIpc) is 2.79. The number of halogens is 2. The van der Waals surface area contributed by atoms with Crippen LogP contribution in [0.15, 0.2) is 18.2 Å².